The van der Waals surface area contributed by atoms with E-state index < -0.39 is 0 Å². The van der Waals surface area contributed by atoms with Crippen LogP contribution in [0.1, 0.15) is 26.7 Å². The fourth-order valence-electron chi connectivity index (χ4n) is 1.74. The maximum atomic E-state index is 11.7. The van der Waals surface area contributed by atoms with Crippen molar-refractivity contribution in [3.05, 3.63) is 0 Å². The topological polar surface area (TPSA) is 63.4 Å². The molecule has 1 rings (SSSR count). The Labute approximate surface area is 84.4 Å². The molecule has 4 nitrogen and oxygen atoms in total. The zero-order chi connectivity index (χ0) is 10.7. The Morgan fingerprint density at radius 2 is 2.14 bits per heavy atom. The van der Waals surface area contributed by atoms with Gasteiger partial charge in [0.25, 0.3) is 5.91 Å². The summed E-state index contributed by atoms with van der Waals surface area (Å²) in [5, 5.41) is 0. The maximum absolute atomic E-state index is 11.7. The standard InChI is InChI=1S/C10H18N2O2/c1-7(2)9(13)10(14)12-5-3-4-8(12)6-11/h7-8H,3-6,11H2,1-2H3. The fourth-order valence-corrected chi connectivity index (χ4v) is 1.74. The van der Waals surface area contributed by atoms with E-state index in [-0.39, 0.29) is 23.7 Å². The van der Waals surface area contributed by atoms with Gasteiger partial charge in [0.2, 0.25) is 5.78 Å². The van der Waals surface area contributed by atoms with Crippen LogP contribution in [-0.2, 0) is 9.59 Å². The van der Waals surface area contributed by atoms with E-state index >= 15 is 0 Å². The van der Waals surface area contributed by atoms with Crippen molar-refractivity contribution in [3.8, 4) is 0 Å². The Balaban J connectivity index is 2.64. The number of carbonyl (C=O) groups excluding carboxylic acids is 2. The van der Waals surface area contributed by atoms with Crippen molar-refractivity contribution in [3.63, 3.8) is 0 Å². The summed E-state index contributed by atoms with van der Waals surface area (Å²) in [6.45, 7) is 4.62. The number of rotatable bonds is 3. The third kappa shape index (κ3) is 2.12. The summed E-state index contributed by atoms with van der Waals surface area (Å²) in [4.78, 5) is 24.8. The van der Waals surface area contributed by atoms with Gasteiger partial charge in [-0.1, -0.05) is 13.8 Å². The highest BCUT2D eigenvalue weighted by Gasteiger charge is 2.32. The minimum absolute atomic E-state index is 0.0743. The summed E-state index contributed by atoms with van der Waals surface area (Å²) in [6.07, 6.45) is 1.88. The molecule has 80 valence electrons. The van der Waals surface area contributed by atoms with Crippen molar-refractivity contribution in [1.29, 1.82) is 0 Å². The highest BCUT2D eigenvalue weighted by atomic mass is 16.2. The summed E-state index contributed by atoms with van der Waals surface area (Å²) in [6, 6.07) is 0.0743. The maximum Gasteiger partial charge on any atom is 0.290 e. The Hall–Kier alpha value is -0.900. The molecule has 1 aliphatic heterocycles. The molecule has 0 aromatic heterocycles. The molecule has 0 spiro atoms. The molecule has 0 bridgehead atoms. The van der Waals surface area contributed by atoms with E-state index in [4.69, 9.17) is 5.73 Å². The smallest absolute Gasteiger partial charge is 0.290 e. The summed E-state index contributed by atoms with van der Waals surface area (Å²) >= 11 is 0. The number of likely N-dealkylation sites (tertiary alicyclic amines) is 1. The SMILES string of the molecule is CC(C)C(=O)C(=O)N1CCCC1CN. The molecule has 14 heavy (non-hydrogen) atoms. The van der Waals surface area contributed by atoms with Gasteiger partial charge in [-0.05, 0) is 12.8 Å². The second-order valence-corrected chi connectivity index (χ2v) is 4.05. The van der Waals surface area contributed by atoms with Crippen molar-refractivity contribution >= 4 is 11.7 Å². The minimum Gasteiger partial charge on any atom is -0.332 e. The van der Waals surface area contributed by atoms with Gasteiger partial charge in [0.05, 0.1) is 0 Å². The van der Waals surface area contributed by atoms with Crippen LogP contribution in [-0.4, -0.2) is 35.7 Å². The number of Topliss-reactive ketones (excluding diaryl/α,β-unsaturated/α-hetero) is 1. The molecule has 0 radical (unpaired) electrons. The molecule has 1 unspecified atom stereocenters. The van der Waals surface area contributed by atoms with Gasteiger partial charge in [-0.3, -0.25) is 9.59 Å². The van der Waals surface area contributed by atoms with Gasteiger partial charge in [0, 0.05) is 25.0 Å². The molecule has 1 atom stereocenters. The van der Waals surface area contributed by atoms with Gasteiger partial charge < -0.3 is 10.6 Å². The Kier molecular flexibility index (Phi) is 3.63. The van der Waals surface area contributed by atoms with Crippen LogP contribution >= 0.6 is 0 Å². The van der Waals surface area contributed by atoms with Crippen molar-refractivity contribution in [2.24, 2.45) is 11.7 Å². The molecule has 1 amide bonds. The van der Waals surface area contributed by atoms with Crippen LogP contribution in [0.5, 0.6) is 0 Å². The number of nitrogens with two attached hydrogens (primary N) is 1. The van der Waals surface area contributed by atoms with E-state index in [2.05, 4.69) is 0 Å². The lowest BCUT2D eigenvalue weighted by Crippen LogP contribution is -2.44. The van der Waals surface area contributed by atoms with E-state index in [9.17, 15) is 9.59 Å². The van der Waals surface area contributed by atoms with E-state index in [1.165, 1.54) is 0 Å². The first kappa shape index (κ1) is 11.2. The zero-order valence-corrected chi connectivity index (χ0v) is 8.82. The minimum atomic E-state index is -0.354. The Morgan fingerprint density at radius 1 is 1.50 bits per heavy atom. The summed E-state index contributed by atoms with van der Waals surface area (Å²) in [7, 11) is 0. The number of hydrogen-bond acceptors (Lipinski definition) is 3. The van der Waals surface area contributed by atoms with Gasteiger partial charge in [-0.15, -0.1) is 0 Å². The molecular formula is C10H18N2O2. The van der Waals surface area contributed by atoms with Crippen LogP contribution in [0.3, 0.4) is 0 Å². The highest BCUT2D eigenvalue weighted by molar-refractivity contribution is 6.36. The largest absolute Gasteiger partial charge is 0.332 e. The molecule has 0 aromatic rings. The van der Waals surface area contributed by atoms with Crippen LogP contribution in [0.15, 0.2) is 0 Å². The first-order chi connectivity index (χ1) is 6.57. The Morgan fingerprint density at radius 3 is 2.64 bits per heavy atom. The van der Waals surface area contributed by atoms with E-state index in [0.29, 0.717) is 13.1 Å². The second-order valence-electron chi connectivity index (χ2n) is 4.05. The first-order valence-corrected chi connectivity index (χ1v) is 5.12. The quantitative estimate of drug-likeness (QED) is 0.657. The molecule has 0 aromatic carbocycles. The molecule has 4 heteroatoms. The average molecular weight is 198 g/mol. The lowest BCUT2D eigenvalue weighted by molar-refractivity contribution is -0.146. The molecule has 0 saturated carbocycles. The van der Waals surface area contributed by atoms with Crippen molar-refractivity contribution < 1.29 is 9.59 Å². The van der Waals surface area contributed by atoms with Crippen LogP contribution in [0, 0.1) is 5.92 Å². The Bertz CT molecular complexity index is 238. The molecule has 1 fully saturated rings. The fraction of sp³-hybridized carbons (Fsp3) is 0.800. The van der Waals surface area contributed by atoms with Crippen molar-refractivity contribution in [1.82, 2.24) is 4.90 Å². The summed E-state index contributed by atoms with van der Waals surface area (Å²) in [5.74, 6) is -0.875. The van der Waals surface area contributed by atoms with Gasteiger partial charge in [-0.2, -0.15) is 0 Å². The van der Waals surface area contributed by atoms with Crippen LogP contribution in [0.25, 0.3) is 0 Å². The molecule has 1 heterocycles. The third-order valence-electron chi connectivity index (χ3n) is 2.65. The zero-order valence-electron chi connectivity index (χ0n) is 8.82. The first-order valence-electron chi connectivity index (χ1n) is 5.12. The van der Waals surface area contributed by atoms with Gasteiger partial charge in [0.1, 0.15) is 0 Å². The van der Waals surface area contributed by atoms with E-state index in [0.717, 1.165) is 12.8 Å². The van der Waals surface area contributed by atoms with Crippen LogP contribution in [0.4, 0.5) is 0 Å². The number of nitrogens with zero attached hydrogens (tertiary/aromatic N) is 1. The summed E-state index contributed by atoms with van der Waals surface area (Å²) in [5.41, 5.74) is 5.53. The van der Waals surface area contributed by atoms with Gasteiger partial charge in [-0.25, -0.2) is 0 Å². The highest BCUT2D eigenvalue weighted by Crippen LogP contribution is 2.17. The van der Waals surface area contributed by atoms with Crippen LogP contribution in [0.2, 0.25) is 0 Å². The molecule has 1 aliphatic rings. The molecule has 2 N–H and O–H groups in total. The van der Waals surface area contributed by atoms with Crippen molar-refractivity contribution in [2.45, 2.75) is 32.7 Å². The molecule has 0 aliphatic carbocycles. The predicted octanol–water partition coefficient (Wildman–Crippen LogP) is 0.161. The normalized spacial score (nSPS) is 21.7. The lowest BCUT2D eigenvalue weighted by Gasteiger charge is -2.23. The van der Waals surface area contributed by atoms with Gasteiger partial charge in [0.15, 0.2) is 0 Å². The van der Waals surface area contributed by atoms with Crippen LogP contribution < -0.4 is 5.73 Å². The van der Waals surface area contributed by atoms with E-state index in [1.807, 2.05) is 0 Å². The number of amides is 1. The number of ketones is 1. The average Bonchev–Trinajstić information content (AvgIpc) is 2.62. The lowest BCUT2D eigenvalue weighted by atomic mass is 10.1. The molecular weight excluding hydrogens is 180 g/mol. The third-order valence-corrected chi connectivity index (χ3v) is 2.65. The monoisotopic (exact) mass is 198 g/mol. The summed E-state index contributed by atoms with van der Waals surface area (Å²) < 4.78 is 0. The van der Waals surface area contributed by atoms with E-state index in [1.54, 1.807) is 18.7 Å². The number of carbonyl (C=O) groups is 2. The van der Waals surface area contributed by atoms with Gasteiger partial charge >= 0.3 is 0 Å². The number of hydrogen-bond donors (Lipinski definition) is 1. The predicted molar refractivity (Wildman–Crippen MR) is 53.6 cm³/mol. The second kappa shape index (κ2) is 4.55. The molecule has 1 saturated heterocycles. The van der Waals surface area contributed by atoms with Crippen molar-refractivity contribution in [2.75, 3.05) is 13.1 Å².